The van der Waals surface area contributed by atoms with Crippen molar-refractivity contribution < 1.29 is 4.74 Å². The van der Waals surface area contributed by atoms with Gasteiger partial charge in [0.1, 0.15) is 17.5 Å². The van der Waals surface area contributed by atoms with E-state index in [0.717, 1.165) is 37.6 Å². The van der Waals surface area contributed by atoms with Crippen LogP contribution in [0.5, 0.6) is 0 Å². The molecule has 0 aromatic carbocycles. The Kier molecular flexibility index (Phi) is 5.85. The largest absolute Gasteiger partial charge is 0.383 e. The Bertz CT molecular complexity index is 379. The van der Waals surface area contributed by atoms with Gasteiger partial charge in [-0.1, -0.05) is 13.8 Å². The first-order valence-corrected chi connectivity index (χ1v) is 6.43. The van der Waals surface area contributed by atoms with Crippen molar-refractivity contribution in [2.45, 2.75) is 34.1 Å². The second-order valence-electron chi connectivity index (χ2n) is 4.88. The van der Waals surface area contributed by atoms with Gasteiger partial charge in [0.15, 0.2) is 0 Å². The van der Waals surface area contributed by atoms with Gasteiger partial charge in [-0.05, 0) is 26.2 Å². The van der Waals surface area contributed by atoms with Crippen molar-refractivity contribution >= 4 is 11.6 Å². The summed E-state index contributed by atoms with van der Waals surface area (Å²) in [4.78, 5) is 8.45. The predicted molar refractivity (Wildman–Crippen MR) is 74.7 cm³/mol. The molecular weight excluding hydrogens is 228 g/mol. The molecule has 1 rings (SSSR count). The minimum absolute atomic E-state index is 0.543. The van der Waals surface area contributed by atoms with Crippen molar-refractivity contribution in [3.63, 3.8) is 0 Å². The molecule has 18 heavy (non-hydrogen) atoms. The summed E-state index contributed by atoms with van der Waals surface area (Å²) in [6.45, 7) is 10.5. The average Bonchev–Trinajstić information content (AvgIpc) is 2.29. The van der Waals surface area contributed by atoms with Crippen molar-refractivity contribution in [1.82, 2.24) is 9.97 Å². The summed E-state index contributed by atoms with van der Waals surface area (Å²) in [6, 6.07) is 0. The molecule has 0 saturated carbocycles. The van der Waals surface area contributed by atoms with Gasteiger partial charge in [0.2, 0.25) is 0 Å². The topological polar surface area (TPSA) is 73.1 Å². The van der Waals surface area contributed by atoms with Gasteiger partial charge in [0.25, 0.3) is 0 Å². The molecule has 0 unspecified atom stereocenters. The molecule has 0 aliphatic carbocycles. The lowest BCUT2D eigenvalue weighted by Crippen LogP contribution is -2.12. The molecular formula is C13H24N4O. The first-order valence-electron chi connectivity index (χ1n) is 6.43. The van der Waals surface area contributed by atoms with Crippen LogP contribution in [0, 0.1) is 19.8 Å². The van der Waals surface area contributed by atoms with Gasteiger partial charge < -0.3 is 15.8 Å². The molecule has 1 aromatic heterocycles. The number of nitrogens with one attached hydrogen (secondary N) is 1. The Labute approximate surface area is 109 Å². The second kappa shape index (κ2) is 7.16. The summed E-state index contributed by atoms with van der Waals surface area (Å²) in [5, 5.41) is 3.27. The molecule has 0 bridgehead atoms. The van der Waals surface area contributed by atoms with Gasteiger partial charge in [-0.25, -0.2) is 9.97 Å². The zero-order chi connectivity index (χ0) is 13.5. The van der Waals surface area contributed by atoms with E-state index in [1.54, 1.807) is 0 Å². The highest BCUT2D eigenvalue weighted by Gasteiger charge is 2.05. The molecule has 0 amide bonds. The maximum atomic E-state index is 5.79. The molecule has 0 atom stereocenters. The summed E-state index contributed by atoms with van der Waals surface area (Å²) in [5.41, 5.74) is 6.70. The fourth-order valence-electron chi connectivity index (χ4n) is 1.52. The predicted octanol–water partition coefficient (Wildman–Crippen LogP) is 2.15. The fourth-order valence-corrected chi connectivity index (χ4v) is 1.52. The number of hydrogen-bond acceptors (Lipinski definition) is 5. The van der Waals surface area contributed by atoms with E-state index >= 15 is 0 Å². The van der Waals surface area contributed by atoms with E-state index in [1.165, 1.54) is 0 Å². The summed E-state index contributed by atoms with van der Waals surface area (Å²) in [6.07, 6.45) is 0.953. The van der Waals surface area contributed by atoms with Crippen molar-refractivity contribution in [3.05, 3.63) is 11.4 Å². The number of nitrogens with zero attached hydrogens (tertiary/aromatic N) is 2. The van der Waals surface area contributed by atoms with E-state index in [-0.39, 0.29) is 0 Å². The molecule has 0 aliphatic heterocycles. The van der Waals surface area contributed by atoms with Gasteiger partial charge in [-0.15, -0.1) is 0 Å². The van der Waals surface area contributed by atoms with Gasteiger partial charge >= 0.3 is 0 Å². The second-order valence-corrected chi connectivity index (χ2v) is 4.88. The maximum Gasteiger partial charge on any atom is 0.134 e. The number of nitrogens with two attached hydrogens (primary N) is 1. The molecule has 0 aliphatic rings. The minimum Gasteiger partial charge on any atom is -0.383 e. The lowest BCUT2D eigenvalue weighted by atomic mass is 10.2. The van der Waals surface area contributed by atoms with Crippen LogP contribution in [0.4, 0.5) is 11.6 Å². The van der Waals surface area contributed by atoms with E-state index < -0.39 is 0 Å². The zero-order valence-electron chi connectivity index (χ0n) is 11.8. The zero-order valence-corrected chi connectivity index (χ0v) is 11.8. The summed E-state index contributed by atoms with van der Waals surface area (Å²) in [7, 11) is 0. The number of ether oxygens (including phenoxy) is 1. The molecule has 5 nitrogen and oxygen atoms in total. The van der Waals surface area contributed by atoms with Crippen molar-refractivity contribution in [3.8, 4) is 0 Å². The van der Waals surface area contributed by atoms with E-state index in [0.29, 0.717) is 17.6 Å². The van der Waals surface area contributed by atoms with Crippen molar-refractivity contribution in [2.75, 3.05) is 30.8 Å². The van der Waals surface area contributed by atoms with E-state index in [2.05, 4.69) is 29.1 Å². The molecule has 1 aromatic rings. The monoisotopic (exact) mass is 252 g/mol. The van der Waals surface area contributed by atoms with Crippen LogP contribution in [0.2, 0.25) is 0 Å². The standard InChI is InChI=1S/C13H24N4O/c1-9(2)8-18-7-5-6-15-13-10(3)12(14)16-11(4)17-13/h9H,5-8H2,1-4H3,(H3,14,15,16,17). The Morgan fingerprint density at radius 1 is 1.28 bits per heavy atom. The Hall–Kier alpha value is -1.36. The van der Waals surface area contributed by atoms with Gasteiger partial charge in [-0.3, -0.25) is 0 Å². The average molecular weight is 252 g/mol. The summed E-state index contributed by atoms with van der Waals surface area (Å²) < 4.78 is 5.51. The Morgan fingerprint density at radius 2 is 2.00 bits per heavy atom. The SMILES string of the molecule is Cc1nc(N)c(C)c(NCCCOCC(C)C)n1. The minimum atomic E-state index is 0.543. The van der Waals surface area contributed by atoms with Gasteiger partial charge in [0, 0.05) is 25.3 Å². The molecule has 0 radical (unpaired) electrons. The van der Waals surface area contributed by atoms with Crippen LogP contribution < -0.4 is 11.1 Å². The summed E-state index contributed by atoms with van der Waals surface area (Å²) in [5.74, 6) is 2.64. The lowest BCUT2D eigenvalue weighted by Gasteiger charge is -2.11. The number of nitrogen functional groups attached to an aromatic ring is 1. The molecule has 102 valence electrons. The molecule has 0 spiro atoms. The van der Waals surface area contributed by atoms with Crippen LogP contribution in [-0.2, 0) is 4.74 Å². The highest BCUT2D eigenvalue weighted by molar-refractivity contribution is 5.54. The quantitative estimate of drug-likeness (QED) is 0.727. The van der Waals surface area contributed by atoms with Crippen LogP contribution in [0.1, 0.15) is 31.7 Å². The highest BCUT2D eigenvalue weighted by Crippen LogP contribution is 2.16. The van der Waals surface area contributed by atoms with Crippen LogP contribution in [-0.4, -0.2) is 29.7 Å². The van der Waals surface area contributed by atoms with Crippen LogP contribution >= 0.6 is 0 Å². The van der Waals surface area contributed by atoms with Crippen molar-refractivity contribution in [1.29, 1.82) is 0 Å². The van der Waals surface area contributed by atoms with Gasteiger partial charge in [0.05, 0.1) is 0 Å². The van der Waals surface area contributed by atoms with Crippen LogP contribution in [0.3, 0.4) is 0 Å². The number of anilines is 2. The molecule has 0 fully saturated rings. The van der Waals surface area contributed by atoms with Crippen LogP contribution in [0.15, 0.2) is 0 Å². The lowest BCUT2D eigenvalue weighted by molar-refractivity contribution is 0.110. The third-order valence-corrected chi connectivity index (χ3v) is 2.50. The Morgan fingerprint density at radius 3 is 2.67 bits per heavy atom. The third kappa shape index (κ3) is 4.87. The van der Waals surface area contributed by atoms with E-state index in [1.807, 2.05) is 13.8 Å². The number of rotatable bonds is 7. The molecule has 3 N–H and O–H groups in total. The number of hydrogen-bond donors (Lipinski definition) is 2. The normalized spacial score (nSPS) is 10.9. The smallest absolute Gasteiger partial charge is 0.134 e. The number of aryl methyl sites for hydroxylation is 1. The van der Waals surface area contributed by atoms with Crippen LogP contribution in [0.25, 0.3) is 0 Å². The summed E-state index contributed by atoms with van der Waals surface area (Å²) >= 11 is 0. The van der Waals surface area contributed by atoms with Crippen molar-refractivity contribution in [2.24, 2.45) is 5.92 Å². The van der Waals surface area contributed by atoms with E-state index in [9.17, 15) is 0 Å². The molecule has 1 heterocycles. The van der Waals surface area contributed by atoms with E-state index in [4.69, 9.17) is 10.5 Å². The molecule has 5 heteroatoms. The maximum absolute atomic E-state index is 5.79. The molecule has 0 saturated heterocycles. The fraction of sp³-hybridized carbons (Fsp3) is 0.692. The highest BCUT2D eigenvalue weighted by atomic mass is 16.5. The first-order chi connectivity index (χ1) is 8.50. The first kappa shape index (κ1) is 14.7. The van der Waals surface area contributed by atoms with Gasteiger partial charge in [-0.2, -0.15) is 0 Å². The third-order valence-electron chi connectivity index (χ3n) is 2.50. The number of aromatic nitrogens is 2. The Balaban J connectivity index is 2.31.